The van der Waals surface area contributed by atoms with Gasteiger partial charge in [-0.15, -0.1) is 11.3 Å². The van der Waals surface area contributed by atoms with Crippen molar-refractivity contribution in [2.75, 3.05) is 0 Å². The van der Waals surface area contributed by atoms with Crippen LogP contribution < -0.4 is 0 Å². The van der Waals surface area contributed by atoms with Crippen molar-refractivity contribution in [2.45, 2.75) is 0 Å². The number of hydrogen-bond acceptors (Lipinski definition) is 3. The number of aldehydes is 1. The number of carbonyl (C=O) groups is 1. The summed E-state index contributed by atoms with van der Waals surface area (Å²) in [4.78, 5) is 14.6. The molecule has 0 fully saturated rings. The molecule has 0 unspecified atom stereocenters. The number of hydrogen-bond donors (Lipinski definition) is 0. The van der Waals surface area contributed by atoms with Crippen LogP contribution in [0.1, 0.15) is 9.80 Å². The maximum atomic E-state index is 10.5. The summed E-state index contributed by atoms with van der Waals surface area (Å²) < 4.78 is 0. The molecular formula is C10H6ClNOS. The van der Waals surface area contributed by atoms with Crippen molar-refractivity contribution in [3.8, 4) is 11.3 Å². The third-order valence-corrected chi connectivity index (χ3v) is 2.87. The van der Waals surface area contributed by atoms with Gasteiger partial charge in [-0.3, -0.25) is 4.79 Å². The Labute approximate surface area is 90.2 Å². The monoisotopic (exact) mass is 223 g/mol. The maximum Gasteiger partial charge on any atom is 0.178 e. The number of nitrogens with zero attached hydrogens (tertiary/aromatic N) is 1. The lowest BCUT2D eigenvalue weighted by molar-refractivity contribution is 0.112. The van der Waals surface area contributed by atoms with Crippen molar-refractivity contribution in [1.82, 2.24) is 4.98 Å². The summed E-state index contributed by atoms with van der Waals surface area (Å²) in [5.74, 6) is 0. The van der Waals surface area contributed by atoms with Gasteiger partial charge >= 0.3 is 0 Å². The van der Waals surface area contributed by atoms with E-state index in [1.54, 1.807) is 6.07 Å². The van der Waals surface area contributed by atoms with Gasteiger partial charge < -0.3 is 0 Å². The molecule has 2 nitrogen and oxygen atoms in total. The lowest BCUT2D eigenvalue weighted by Gasteiger charge is -1.97. The van der Waals surface area contributed by atoms with E-state index in [0.717, 1.165) is 17.5 Å². The molecular weight excluding hydrogens is 218 g/mol. The predicted octanol–water partition coefficient (Wildman–Crippen LogP) is 3.28. The minimum Gasteiger partial charge on any atom is -0.295 e. The molecule has 0 aliphatic rings. The molecule has 70 valence electrons. The second-order valence-corrected chi connectivity index (χ2v) is 3.97. The third kappa shape index (κ3) is 1.69. The van der Waals surface area contributed by atoms with Gasteiger partial charge in [-0.05, 0) is 6.07 Å². The van der Waals surface area contributed by atoms with Crippen LogP contribution in [0.4, 0.5) is 0 Å². The number of carbonyl (C=O) groups excluding carboxylic acids is 1. The molecule has 0 atom stereocenters. The molecule has 1 aromatic heterocycles. The van der Waals surface area contributed by atoms with Gasteiger partial charge in [-0.25, -0.2) is 4.98 Å². The van der Waals surface area contributed by atoms with E-state index in [-0.39, 0.29) is 0 Å². The van der Waals surface area contributed by atoms with Gasteiger partial charge in [0, 0.05) is 16.0 Å². The maximum absolute atomic E-state index is 10.5. The lowest BCUT2D eigenvalue weighted by atomic mass is 10.2. The van der Waals surface area contributed by atoms with Gasteiger partial charge in [0.1, 0.15) is 0 Å². The van der Waals surface area contributed by atoms with E-state index >= 15 is 0 Å². The van der Waals surface area contributed by atoms with Crippen LogP contribution >= 0.6 is 22.9 Å². The first-order chi connectivity index (χ1) is 6.81. The first-order valence-electron chi connectivity index (χ1n) is 3.97. The zero-order valence-electron chi connectivity index (χ0n) is 7.11. The topological polar surface area (TPSA) is 30.0 Å². The molecule has 2 rings (SSSR count). The van der Waals surface area contributed by atoms with Crippen LogP contribution in [0.2, 0.25) is 5.02 Å². The van der Waals surface area contributed by atoms with Crippen LogP contribution in [0.5, 0.6) is 0 Å². The molecule has 14 heavy (non-hydrogen) atoms. The Morgan fingerprint density at radius 3 is 2.79 bits per heavy atom. The van der Waals surface area contributed by atoms with Gasteiger partial charge in [0.2, 0.25) is 0 Å². The Balaban J connectivity index is 2.49. The van der Waals surface area contributed by atoms with Gasteiger partial charge in [0.05, 0.1) is 5.69 Å². The molecule has 0 radical (unpaired) electrons. The molecule has 0 saturated heterocycles. The van der Waals surface area contributed by atoms with E-state index in [2.05, 4.69) is 4.98 Å². The fraction of sp³-hybridized carbons (Fsp3) is 0. The quantitative estimate of drug-likeness (QED) is 0.732. The molecule has 0 aliphatic carbocycles. The zero-order valence-corrected chi connectivity index (χ0v) is 8.68. The average molecular weight is 224 g/mol. The Hall–Kier alpha value is -1.19. The minimum absolute atomic E-state index is 0.472. The molecule has 0 saturated carbocycles. The normalized spacial score (nSPS) is 10.1. The largest absolute Gasteiger partial charge is 0.295 e. The summed E-state index contributed by atoms with van der Waals surface area (Å²) in [5.41, 5.74) is 1.61. The standard InChI is InChI=1S/C10H6ClNOS/c11-8-4-2-1-3-7(8)9-6-14-10(5-13)12-9/h1-6H. The molecule has 0 N–H and O–H groups in total. The minimum atomic E-state index is 0.472. The highest BCUT2D eigenvalue weighted by Gasteiger charge is 2.06. The molecule has 2 aromatic rings. The van der Waals surface area contributed by atoms with Gasteiger partial charge in [-0.1, -0.05) is 29.8 Å². The van der Waals surface area contributed by atoms with Crippen molar-refractivity contribution in [1.29, 1.82) is 0 Å². The second-order valence-electron chi connectivity index (χ2n) is 2.67. The van der Waals surface area contributed by atoms with Crippen molar-refractivity contribution < 1.29 is 4.79 Å². The molecule has 0 amide bonds. The summed E-state index contributed by atoms with van der Waals surface area (Å²) >= 11 is 7.30. The van der Waals surface area contributed by atoms with Crippen molar-refractivity contribution in [3.63, 3.8) is 0 Å². The number of aromatic nitrogens is 1. The van der Waals surface area contributed by atoms with Crippen LogP contribution in [0.25, 0.3) is 11.3 Å². The van der Waals surface area contributed by atoms with Crippen LogP contribution in [0, 0.1) is 0 Å². The molecule has 1 heterocycles. The average Bonchev–Trinajstić information content (AvgIpc) is 2.67. The van der Waals surface area contributed by atoms with E-state index in [1.165, 1.54) is 11.3 Å². The summed E-state index contributed by atoms with van der Waals surface area (Å²) in [7, 11) is 0. The number of halogens is 1. The SMILES string of the molecule is O=Cc1nc(-c2ccccc2Cl)cs1. The Morgan fingerprint density at radius 2 is 2.14 bits per heavy atom. The summed E-state index contributed by atoms with van der Waals surface area (Å²) in [6, 6.07) is 7.43. The zero-order chi connectivity index (χ0) is 9.97. The van der Waals surface area contributed by atoms with E-state index < -0.39 is 0 Å². The van der Waals surface area contributed by atoms with Crippen molar-refractivity contribution in [3.05, 3.63) is 39.7 Å². The first kappa shape index (κ1) is 9.37. The van der Waals surface area contributed by atoms with Gasteiger partial charge in [0.15, 0.2) is 11.3 Å². The number of benzene rings is 1. The van der Waals surface area contributed by atoms with E-state index in [4.69, 9.17) is 11.6 Å². The molecule has 4 heteroatoms. The first-order valence-corrected chi connectivity index (χ1v) is 5.22. The summed E-state index contributed by atoms with van der Waals surface area (Å²) in [6.45, 7) is 0. The Bertz CT molecular complexity index is 467. The fourth-order valence-corrected chi connectivity index (χ4v) is 1.99. The van der Waals surface area contributed by atoms with Crippen LogP contribution in [-0.4, -0.2) is 11.3 Å². The highest BCUT2D eigenvalue weighted by molar-refractivity contribution is 7.11. The highest BCUT2D eigenvalue weighted by Crippen LogP contribution is 2.27. The van der Waals surface area contributed by atoms with E-state index in [0.29, 0.717) is 10.0 Å². The van der Waals surface area contributed by atoms with Gasteiger partial charge in [0.25, 0.3) is 0 Å². The van der Waals surface area contributed by atoms with Crippen LogP contribution in [0.3, 0.4) is 0 Å². The molecule has 0 aliphatic heterocycles. The number of thiazole rings is 1. The summed E-state index contributed by atoms with van der Waals surface area (Å²) in [5, 5.41) is 2.94. The van der Waals surface area contributed by atoms with Gasteiger partial charge in [-0.2, -0.15) is 0 Å². The summed E-state index contributed by atoms with van der Waals surface area (Å²) in [6.07, 6.45) is 0.741. The van der Waals surface area contributed by atoms with Crippen molar-refractivity contribution >= 4 is 29.2 Å². The number of rotatable bonds is 2. The fourth-order valence-electron chi connectivity index (χ4n) is 1.13. The smallest absolute Gasteiger partial charge is 0.178 e. The van der Waals surface area contributed by atoms with E-state index in [9.17, 15) is 4.79 Å². The lowest BCUT2D eigenvalue weighted by Crippen LogP contribution is -1.80. The predicted molar refractivity (Wildman–Crippen MR) is 57.9 cm³/mol. The van der Waals surface area contributed by atoms with E-state index in [1.807, 2.05) is 23.6 Å². The van der Waals surface area contributed by atoms with Crippen molar-refractivity contribution in [2.24, 2.45) is 0 Å². The Kier molecular flexibility index (Phi) is 2.61. The Morgan fingerprint density at radius 1 is 1.36 bits per heavy atom. The molecule has 0 bridgehead atoms. The molecule has 1 aromatic carbocycles. The third-order valence-electron chi connectivity index (χ3n) is 1.77. The van der Waals surface area contributed by atoms with Crippen LogP contribution in [0.15, 0.2) is 29.6 Å². The van der Waals surface area contributed by atoms with Crippen LogP contribution in [-0.2, 0) is 0 Å². The molecule has 0 spiro atoms. The highest BCUT2D eigenvalue weighted by atomic mass is 35.5. The second kappa shape index (κ2) is 3.90.